The molecule has 0 aliphatic rings. The SMILES string of the molecule is CC[C@@H](CCCC(O)C(F)(F)F)C(=O)O. The number of alkyl halides is 3. The van der Waals surface area contributed by atoms with Crippen LogP contribution >= 0.6 is 0 Å². The largest absolute Gasteiger partial charge is 0.481 e. The van der Waals surface area contributed by atoms with E-state index in [1.807, 2.05) is 0 Å². The summed E-state index contributed by atoms with van der Waals surface area (Å²) in [7, 11) is 0. The minimum absolute atomic E-state index is 0.0610. The van der Waals surface area contributed by atoms with E-state index in [1.54, 1.807) is 6.92 Å². The highest BCUT2D eigenvalue weighted by Gasteiger charge is 2.37. The third-order valence-electron chi connectivity index (χ3n) is 2.25. The number of aliphatic hydroxyl groups is 1. The lowest BCUT2D eigenvalue weighted by molar-refractivity contribution is -0.205. The summed E-state index contributed by atoms with van der Waals surface area (Å²) < 4.78 is 35.5. The lowest BCUT2D eigenvalue weighted by atomic mass is 9.98. The maximum absolute atomic E-state index is 11.8. The van der Waals surface area contributed by atoms with Crippen molar-refractivity contribution >= 4 is 5.97 Å². The quantitative estimate of drug-likeness (QED) is 0.732. The van der Waals surface area contributed by atoms with E-state index >= 15 is 0 Å². The molecular weight excluding hydrogens is 213 g/mol. The molecule has 6 heteroatoms. The smallest absolute Gasteiger partial charge is 0.414 e. The second-order valence-corrected chi connectivity index (χ2v) is 3.43. The standard InChI is InChI=1S/C9H15F3O3/c1-2-6(8(14)15)4-3-5-7(13)9(10,11)12/h6-7,13H,2-5H2,1H3,(H,14,15)/t6-,7?/m0/s1. The zero-order valence-electron chi connectivity index (χ0n) is 8.42. The first-order chi connectivity index (χ1) is 6.79. The molecule has 0 rings (SSSR count). The molecule has 0 saturated heterocycles. The van der Waals surface area contributed by atoms with Gasteiger partial charge >= 0.3 is 12.1 Å². The van der Waals surface area contributed by atoms with E-state index in [2.05, 4.69) is 0 Å². The fraction of sp³-hybridized carbons (Fsp3) is 0.889. The Balaban J connectivity index is 3.83. The van der Waals surface area contributed by atoms with Crippen molar-refractivity contribution in [2.45, 2.75) is 44.9 Å². The molecule has 15 heavy (non-hydrogen) atoms. The van der Waals surface area contributed by atoms with Crippen LogP contribution in [-0.2, 0) is 4.79 Å². The minimum Gasteiger partial charge on any atom is -0.481 e. The van der Waals surface area contributed by atoms with Crippen molar-refractivity contribution < 1.29 is 28.2 Å². The van der Waals surface area contributed by atoms with Gasteiger partial charge in [0.15, 0.2) is 0 Å². The van der Waals surface area contributed by atoms with Crippen LogP contribution in [0.15, 0.2) is 0 Å². The molecular formula is C9H15F3O3. The van der Waals surface area contributed by atoms with E-state index in [-0.39, 0.29) is 12.8 Å². The second kappa shape index (κ2) is 5.95. The van der Waals surface area contributed by atoms with Gasteiger partial charge in [0.1, 0.15) is 6.10 Å². The average Bonchev–Trinajstić information content (AvgIpc) is 2.09. The van der Waals surface area contributed by atoms with Crippen molar-refractivity contribution in [2.24, 2.45) is 5.92 Å². The summed E-state index contributed by atoms with van der Waals surface area (Å²) in [4.78, 5) is 10.5. The summed E-state index contributed by atoms with van der Waals surface area (Å²) in [6.45, 7) is 1.67. The van der Waals surface area contributed by atoms with Crippen LogP contribution in [0.4, 0.5) is 13.2 Å². The van der Waals surface area contributed by atoms with Gasteiger partial charge in [-0.2, -0.15) is 13.2 Å². The number of aliphatic hydroxyl groups excluding tert-OH is 1. The number of carboxylic acid groups (broad SMARTS) is 1. The van der Waals surface area contributed by atoms with Gasteiger partial charge in [0.05, 0.1) is 5.92 Å². The van der Waals surface area contributed by atoms with Crippen LogP contribution in [0.3, 0.4) is 0 Å². The Labute approximate surface area is 85.9 Å². The molecule has 0 aromatic heterocycles. The van der Waals surface area contributed by atoms with Crippen LogP contribution in [0.2, 0.25) is 0 Å². The molecule has 90 valence electrons. The molecule has 0 bridgehead atoms. The predicted molar refractivity (Wildman–Crippen MR) is 47.3 cm³/mol. The molecule has 0 saturated carbocycles. The van der Waals surface area contributed by atoms with Crippen LogP contribution in [0.5, 0.6) is 0 Å². The van der Waals surface area contributed by atoms with E-state index in [0.29, 0.717) is 6.42 Å². The topological polar surface area (TPSA) is 57.5 Å². The molecule has 0 amide bonds. The Morgan fingerprint density at radius 3 is 2.20 bits per heavy atom. The Morgan fingerprint density at radius 2 is 1.87 bits per heavy atom. The van der Waals surface area contributed by atoms with Gasteiger partial charge in [-0.05, 0) is 25.7 Å². The van der Waals surface area contributed by atoms with Crippen molar-refractivity contribution in [3.05, 3.63) is 0 Å². The van der Waals surface area contributed by atoms with Gasteiger partial charge in [-0.3, -0.25) is 4.79 Å². The molecule has 0 aromatic carbocycles. The van der Waals surface area contributed by atoms with Crippen LogP contribution in [0.25, 0.3) is 0 Å². The molecule has 0 heterocycles. The first-order valence-electron chi connectivity index (χ1n) is 4.76. The number of hydrogen-bond donors (Lipinski definition) is 2. The molecule has 2 atom stereocenters. The summed E-state index contributed by atoms with van der Waals surface area (Å²) >= 11 is 0. The number of carboxylic acids is 1. The molecule has 2 N–H and O–H groups in total. The van der Waals surface area contributed by atoms with Gasteiger partial charge < -0.3 is 10.2 Å². The van der Waals surface area contributed by atoms with Gasteiger partial charge in [-0.1, -0.05) is 6.92 Å². The number of carbonyl (C=O) groups is 1. The summed E-state index contributed by atoms with van der Waals surface area (Å²) in [5.41, 5.74) is 0. The lowest BCUT2D eigenvalue weighted by Gasteiger charge is -2.15. The Hall–Kier alpha value is -0.780. The second-order valence-electron chi connectivity index (χ2n) is 3.43. The van der Waals surface area contributed by atoms with Crippen LogP contribution in [0.1, 0.15) is 32.6 Å². The minimum atomic E-state index is -4.61. The molecule has 0 aliphatic carbocycles. The van der Waals surface area contributed by atoms with E-state index < -0.39 is 30.6 Å². The van der Waals surface area contributed by atoms with Gasteiger partial charge in [0.25, 0.3) is 0 Å². The van der Waals surface area contributed by atoms with Crippen molar-refractivity contribution in [2.75, 3.05) is 0 Å². The Kier molecular flexibility index (Phi) is 5.64. The van der Waals surface area contributed by atoms with Gasteiger partial charge in [0.2, 0.25) is 0 Å². The number of aliphatic carboxylic acids is 1. The Bertz CT molecular complexity index is 203. The maximum atomic E-state index is 11.8. The fourth-order valence-electron chi connectivity index (χ4n) is 1.22. The predicted octanol–water partition coefficient (Wildman–Crippen LogP) is 2.19. The van der Waals surface area contributed by atoms with E-state index in [0.717, 1.165) is 0 Å². The normalized spacial score (nSPS) is 16.1. The van der Waals surface area contributed by atoms with Gasteiger partial charge in [-0.15, -0.1) is 0 Å². The number of halogens is 3. The highest BCUT2D eigenvalue weighted by Crippen LogP contribution is 2.24. The monoisotopic (exact) mass is 228 g/mol. The van der Waals surface area contributed by atoms with E-state index in [9.17, 15) is 18.0 Å². The zero-order valence-corrected chi connectivity index (χ0v) is 8.42. The zero-order chi connectivity index (χ0) is 12.1. The fourth-order valence-corrected chi connectivity index (χ4v) is 1.22. The van der Waals surface area contributed by atoms with Gasteiger partial charge in [0, 0.05) is 0 Å². The van der Waals surface area contributed by atoms with Crippen molar-refractivity contribution in [1.82, 2.24) is 0 Å². The third kappa shape index (κ3) is 5.61. The maximum Gasteiger partial charge on any atom is 0.414 e. The first kappa shape index (κ1) is 14.2. The molecule has 0 fully saturated rings. The van der Waals surface area contributed by atoms with Crippen LogP contribution in [0, 0.1) is 5.92 Å². The number of rotatable bonds is 6. The van der Waals surface area contributed by atoms with Gasteiger partial charge in [-0.25, -0.2) is 0 Å². The molecule has 0 spiro atoms. The van der Waals surface area contributed by atoms with Crippen molar-refractivity contribution in [3.8, 4) is 0 Å². The highest BCUT2D eigenvalue weighted by molar-refractivity contribution is 5.69. The summed E-state index contributed by atoms with van der Waals surface area (Å²) in [5.74, 6) is -1.62. The third-order valence-corrected chi connectivity index (χ3v) is 2.25. The summed E-state index contributed by atoms with van der Waals surface area (Å²) in [6, 6.07) is 0. The molecule has 0 aliphatic heterocycles. The van der Waals surface area contributed by atoms with Crippen molar-refractivity contribution in [3.63, 3.8) is 0 Å². The van der Waals surface area contributed by atoms with Crippen LogP contribution < -0.4 is 0 Å². The molecule has 0 aromatic rings. The van der Waals surface area contributed by atoms with Crippen LogP contribution in [-0.4, -0.2) is 28.5 Å². The molecule has 3 nitrogen and oxygen atoms in total. The summed E-state index contributed by atoms with van der Waals surface area (Å²) in [5, 5.41) is 17.3. The van der Waals surface area contributed by atoms with E-state index in [4.69, 9.17) is 10.2 Å². The first-order valence-corrected chi connectivity index (χ1v) is 4.76. The molecule has 1 unspecified atom stereocenters. The van der Waals surface area contributed by atoms with Crippen molar-refractivity contribution in [1.29, 1.82) is 0 Å². The van der Waals surface area contributed by atoms with E-state index in [1.165, 1.54) is 0 Å². The number of hydrogen-bond acceptors (Lipinski definition) is 2. The Morgan fingerprint density at radius 1 is 1.33 bits per heavy atom. The average molecular weight is 228 g/mol. The lowest BCUT2D eigenvalue weighted by Crippen LogP contribution is -2.28. The highest BCUT2D eigenvalue weighted by atomic mass is 19.4. The molecule has 0 radical (unpaired) electrons. The summed E-state index contributed by atoms with van der Waals surface area (Å²) in [6.07, 6.45) is -6.77.